The Morgan fingerprint density at radius 2 is 1.90 bits per heavy atom. The zero-order valence-corrected chi connectivity index (χ0v) is 13.5. The van der Waals surface area contributed by atoms with Gasteiger partial charge in [-0.05, 0) is 51.7 Å². The van der Waals surface area contributed by atoms with Gasteiger partial charge >= 0.3 is 6.03 Å². The van der Waals surface area contributed by atoms with Crippen LogP contribution in [0.5, 0.6) is 0 Å². The molecular weight excluding hydrogens is 290 g/mol. The molecular formula is C15H24ClN3O2. The number of hydrogen-bond donors (Lipinski definition) is 3. The van der Waals surface area contributed by atoms with E-state index in [1.807, 2.05) is 21.0 Å². The smallest absolute Gasteiger partial charge is 0.315 e. The van der Waals surface area contributed by atoms with Crippen LogP contribution in [0.2, 0.25) is 5.02 Å². The Labute approximate surface area is 131 Å². The van der Waals surface area contributed by atoms with E-state index in [1.165, 1.54) is 0 Å². The van der Waals surface area contributed by atoms with Crippen molar-refractivity contribution in [2.24, 2.45) is 0 Å². The number of halogens is 1. The summed E-state index contributed by atoms with van der Waals surface area (Å²) in [5.41, 5.74) is 0.818. The molecule has 0 heterocycles. The molecule has 1 aromatic carbocycles. The Morgan fingerprint density at radius 3 is 2.43 bits per heavy atom. The lowest BCUT2D eigenvalue weighted by Crippen LogP contribution is -2.44. The molecule has 0 spiro atoms. The second kappa shape index (κ2) is 8.87. The first-order valence-electron chi connectivity index (χ1n) is 7.00. The fraction of sp³-hybridized carbons (Fsp3) is 0.533. The van der Waals surface area contributed by atoms with Crippen molar-refractivity contribution in [3.8, 4) is 0 Å². The molecule has 0 saturated heterocycles. The number of carbonyl (C=O) groups excluding carboxylic acids is 1. The van der Waals surface area contributed by atoms with Crippen LogP contribution in [0.4, 0.5) is 4.79 Å². The lowest BCUT2D eigenvalue weighted by atomic mass is 10.1. The van der Waals surface area contributed by atoms with Gasteiger partial charge in [-0.15, -0.1) is 0 Å². The van der Waals surface area contributed by atoms with Gasteiger partial charge in [-0.3, -0.25) is 0 Å². The van der Waals surface area contributed by atoms with E-state index in [0.29, 0.717) is 5.02 Å². The number of urea groups is 1. The standard InChI is InChI=1S/C15H24ClN3O2/c1-11(8-9-19(2)3)17-15(21)18-14(10-20)12-4-6-13(16)7-5-12/h4-7,11,14,20H,8-10H2,1-3H3,(H2,17,18,21). The molecule has 1 aromatic rings. The maximum Gasteiger partial charge on any atom is 0.315 e. The summed E-state index contributed by atoms with van der Waals surface area (Å²) in [7, 11) is 3.99. The van der Waals surface area contributed by atoms with Crippen molar-refractivity contribution in [3.05, 3.63) is 34.9 Å². The van der Waals surface area contributed by atoms with Gasteiger partial charge in [-0.2, -0.15) is 0 Å². The Morgan fingerprint density at radius 1 is 1.29 bits per heavy atom. The first kappa shape index (κ1) is 17.8. The van der Waals surface area contributed by atoms with Crippen LogP contribution in [0.25, 0.3) is 0 Å². The number of nitrogens with zero attached hydrogens (tertiary/aromatic N) is 1. The Balaban J connectivity index is 2.49. The topological polar surface area (TPSA) is 64.6 Å². The van der Waals surface area contributed by atoms with Gasteiger partial charge in [0.25, 0.3) is 0 Å². The zero-order valence-electron chi connectivity index (χ0n) is 12.8. The number of hydrogen-bond acceptors (Lipinski definition) is 3. The van der Waals surface area contributed by atoms with Crippen LogP contribution in [0.15, 0.2) is 24.3 Å². The summed E-state index contributed by atoms with van der Waals surface area (Å²) in [6.45, 7) is 2.70. The van der Waals surface area contributed by atoms with Gasteiger partial charge in [0.15, 0.2) is 0 Å². The number of carbonyl (C=O) groups is 1. The molecule has 2 amide bonds. The fourth-order valence-electron chi connectivity index (χ4n) is 1.88. The lowest BCUT2D eigenvalue weighted by molar-refractivity contribution is 0.213. The lowest BCUT2D eigenvalue weighted by Gasteiger charge is -2.21. The van der Waals surface area contributed by atoms with Gasteiger partial charge in [0.1, 0.15) is 0 Å². The highest BCUT2D eigenvalue weighted by Gasteiger charge is 2.15. The van der Waals surface area contributed by atoms with Crippen LogP contribution < -0.4 is 10.6 Å². The molecule has 0 aliphatic heterocycles. The first-order chi connectivity index (χ1) is 9.92. The molecule has 1 rings (SSSR count). The van der Waals surface area contributed by atoms with Crippen LogP contribution in [-0.2, 0) is 0 Å². The van der Waals surface area contributed by atoms with Crippen molar-refractivity contribution in [2.45, 2.75) is 25.4 Å². The molecule has 118 valence electrons. The second-order valence-corrected chi connectivity index (χ2v) is 5.83. The summed E-state index contributed by atoms with van der Waals surface area (Å²) in [6, 6.07) is 6.39. The third-order valence-electron chi connectivity index (χ3n) is 3.15. The summed E-state index contributed by atoms with van der Waals surface area (Å²) >= 11 is 5.83. The average Bonchev–Trinajstić information content (AvgIpc) is 2.43. The second-order valence-electron chi connectivity index (χ2n) is 5.40. The molecule has 0 bridgehead atoms. The predicted octanol–water partition coefficient (Wildman–Crippen LogP) is 2.01. The van der Waals surface area contributed by atoms with Crippen molar-refractivity contribution in [1.29, 1.82) is 0 Å². The van der Waals surface area contributed by atoms with Gasteiger partial charge in [0.05, 0.1) is 12.6 Å². The van der Waals surface area contributed by atoms with E-state index < -0.39 is 6.04 Å². The van der Waals surface area contributed by atoms with Crippen molar-refractivity contribution >= 4 is 17.6 Å². The SMILES string of the molecule is CC(CCN(C)C)NC(=O)NC(CO)c1ccc(Cl)cc1. The van der Waals surface area contributed by atoms with Crippen LogP contribution >= 0.6 is 11.6 Å². The van der Waals surface area contributed by atoms with Gasteiger partial charge in [0, 0.05) is 11.1 Å². The van der Waals surface area contributed by atoms with Crippen molar-refractivity contribution < 1.29 is 9.90 Å². The summed E-state index contributed by atoms with van der Waals surface area (Å²) in [4.78, 5) is 14.0. The molecule has 0 aliphatic carbocycles. The number of aliphatic hydroxyl groups is 1. The highest BCUT2D eigenvalue weighted by Crippen LogP contribution is 2.16. The molecule has 2 atom stereocenters. The minimum atomic E-state index is -0.441. The van der Waals surface area contributed by atoms with Crippen LogP contribution in [0.3, 0.4) is 0 Å². The monoisotopic (exact) mass is 313 g/mol. The van der Waals surface area contributed by atoms with E-state index in [9.17, 15) is 9.90 Å². The molecule has 0 aliphatic rings. The molecule has 5 nitrogen and oxygen atoms in total. The maximum atomic E-state index is 11.9. The molecule has 21 heavy (non-hydrogen) atoms. The van der Waals surface area contributed by atoms with Crippen LogP contribution in [-0.4, -0.2) is 49.3 Å². The van der Waals surface area contributed by atoms with Gasteiger partial charge in [-0.25, -0.2) is 4.79 Å². The zero-order chi connectivity index (χ0) is 15.8. The van der Waals surface area contributed by atoms with Crippen molar-refractivity contribution in [1.82, 2.24) is 15.5 Å². The normalized spacial score (nSPS) is 13.8. The fourth-order valence-corrected chi connectivity index (χ4v) is 2.00. The third-order valence-corrected chi connectivity index (χ3v) is 3.40. The van der Waals surface area contributed by atoms with E-state index in [0.717, 1.165) is 18.5 Å². The largest absolute Gasteiger partial charge is 0.394 e. The van der Waals surface area contributed by atoms with Crippen LogP contribution in [0.1, 0.15) is 24.9 Å². The van der Waals surface area contributed by atoms with E-state index in [2.05, 4.69) is 15.5 Å². The third kappa shape index (κ3) is 6.80. The molecule has 0 saturated carbocycles. The van der Waals surface area contributed by atoms with Crippen molar-refractivity contribution in [3.63, 3.8) is 0 Å². The van der Waals surface area contributed by atoms with Crippen molar-refractivity contribution in [2.75, 3.05) is 27.2 Å². The van der Waals surface area contributed by atoms with Gasteiger partial charge < -0.3 is 20.6 Å². The van der Waals surface area contributed by atoms with Crippen LogP contribution in [0, 0.1) is 0 Å². The Kier molecular flexibility index (Phi) is 7.50. The Hall–Kier alpha value is -1.30. The minimum Gasteiger partial charge on any atom is -0.394 e. The van der Waals surface area contributed by atoms with E-state index in [4.69, 9.17) is 11.6 Å². The number of benzene rings is 1. The molecule has 0 radical (unpaired) electrons. The summed E-state index contributed by atoms with van der Waals surface area (Å²) in [6.07, 6.45) is 0.866. The molecule has 0 aromatic heterocycles. The number of amides is 2. The summed E-state index contributed by atoms with van der Waals surface area (Å²) in [5, 5.41) is 15.7. The maximum absolute atomic E-state index is 11.9. The number of aliphatic hydroxyl groups excluding tert-OH is 1. The van der Waals surface area contributed by atoms with Gasteiger partial charge in [-0.1, -0.05) is 23.7 Å². The number of rotatable bonds is 7. The average molecular weight is 314 g/mol. The first-order valence-corrected chi connectivity index (χ1v) is 7.38. The highest BCUT2D eigenvalue weighted by molar-refractivity contribution is 6.30. The molecule has 0 fully saturated rings. The number of nitrogens with one attached hydrogen (secondary N) is 2. The quantitative estimate of drug-likeness (QED) is 0.721. The van der Waals surface area contributed by atoms with Gasteiger partial charge in [0.2, 0.25) is 0 Å². The molecule has 6 heteroatoms. The predicted molar refractivity (Wildman–Crippen MR) is 85.6 cm³/mol. The minimum absolute atomic E-state index is 0.0666. The highest BCUT2D eigenvalue weighted by atomic mass is 35.5. The van der Waals surface area contributed by atoms with E-state index in [1.54, 1.807) is 24.3 Å². The van der Waals surface area contributed by atoms with E-state index in [-0.39, 0.29) is 18.7 Å². The Bertz CT molecular complexity index is 437. The molecule has 3 N–H and O–H groups in total. The summed E-state index contributed by atoms with van der Waals surface area (Å²) in [5.74, 6) is 0. The summed E-state index contributed by atoms with van der Waals surface area (Å²) < 4.78 is 0. The molecule has 2 unspecified atom stereocenters. The van der Waals surface area contributed by atoms with E-state index >= 15 is 0 Å².